The highest BCUT2D eigenvalue weighted by atomic mass is 19.1. The molecule has 2 N–H and O–H groups in total. The first-order chi connectivity index (χ1) is 8.77. The minimum absolute atomic E-state index is 0.270. The van der Waals surface area contributed by atoms with Crippen LogP contribution in [0.1, 0.15) is 43.7 Å². The molecule has 0 aliphatic carbocycles. The van der Waals surface area contributed by atoms with Gasteiger partial charge in [0.25, 0.3) is 0 Å². The van der Waals surface area contributed by atoms with Gasteiger partial charge in [-0.15, -0.1) is 0 Å². The molecule has 0 fully saturated rings. The van der Waals surface area contributed by atoms with Crippen molar-refractivity contribution in [3.8, 4) is 0 Å². The van der Waals surface area contributed by atoms with E-state index in [9.17, 15) is 4.39 Å². The van der Waals surface area contributed by atoms with Gasteiger partial charge in [-0.1, -0.05) is 32.3 Å². The van der Waals surface area contributed by atoms with Crippen LogP contribution in [0.4, 0.5) is 4.39 Å². The Morgan fingerprint density at radius 1 is 1.33 bits per heavy atom. The predicted octanol–water partition coefficient (Wildman–Crippen LogP) is 3.22. The number of unbranched alkanes of at least 4 members (excludes halogenated alkanes) is 3. The highest BCUT2D eigenvalue weighted by Gasteiger charge is 2.02. The molecule has 0 saturated heterocycles. The van der Waals surface area contributed by atoms with Crippen LogP contribution in [0.2, 0.25) is 0 Å². The van der Waals surface area contributed by atoms with E-state index in [1.54, 1.807) is 6.07 Å². The Kier molecular flexibility index (Phi) is 7.03. The van der Waals surface area contributed by atoms with Crippen LogP contribution in [0.3, 0.4) is 0 Å². The number of hydrogen-bond donors (Lipinski definition) is 1. The van der Waals surface area contributed by atoms with Crippen LogP contribution in [0.25, 0.3) is 0 Å². The molecule has 0 heterocycles. The molecule has 0 radical (unpaired) electrons. The normalized spacial score (nSPS) is 11.2. The van der Waals surface area contributed by atoms with E-state index in [0.717, 1.165) is 17.5 Å². The molecule has 0 atom stereocenters. The fourth-order valence-electron chi connectivity index (χ4n) is 1.72. The zero-order valence-electron chi connectivity index (χ0n) is 10.9. The summed E-state index contributed by atoms with van der Waals surface area (Å²) in [6.07, 6.45) is 6.17. The zero-order chi connectivity index (χ0) is 13.2. The second-order valence-electron chi connectivity index (χ2n) is 4.23. The Bertz CT molecular complexity index is 380. The van der Waals surface area contributed by atoms with Gasteiger partial charge < -0.3 is 10.6 Å². The predicted molar refractivity (Wildman–Crippen MR) is 72.0 cm³/mol. The van der Waals surface area contributed by atoms with E-state index in [1.807, 2.05) is 0 Å². The van der Waals surface area contributed by atoms with Crippen molar-refractivity contribution in [3.63, 3.8) is 0 Å². The minimum Gasteiger partial charge on any atom is -0.377 e. The van der Waals surface area contributed by atoms with E-state index < -0.39 is 0 Å². The van der Waals surface area contributed by atoms with Crippen molar-refractivity contribution in [3.05, 3.63) is 35.1 Å². The maximum Gasteiger partial charge on any atom is 0.123 e. The molecule has 0 spiro atoms. The molecule has 100 valence electrons. The second-order valence-corrected chi connectivity index (χ2v) is 4.23. The number of hydrogen-bond acceptors (Lipinski definition) is 3. The summed E-state index contributed by atoms with van der Waals surface area (Å²) in [5.41, 5.74) is 1.58. The zero-order valence-corrected chi connectivity index (χ0v) is 10.9. The highest BCUT2D eigenvalue weighted by molar-refractivity contribution is 5.81. The number of nitrogens with zero attached hydrogens (tertiary/aromatic N) is 1. The van der Waals surface area contributed by atoms with Crippen molar-refractivity contribution in [2.75, 3.05) is 6.61 Å². The lowest BCUT2D eigenvalue weighted by Gasteiger charge is -2.07. The fraction of sp³-hybridized carbons (Fsp3) is 0.500. The molecule has 0 saturated carbocycles. The molecule has 0 aliphatic rings. The summed E-state index contributed by atoms with van der Waals surface area (Å²) in [6.45, 7) is 3.27. The topological polar surface area (TPSA) is 47.6 Å². The van der Waals surface area contributed by atoms with Gasteiger partial charge in [-0.2, -0.15) is 5.10 Å². The van der Waals surface area contributed by atoms with Crippen LogP contribution >= 0.6 is 0 Å². The quantitative estimate of drug-likeness (QED) is 0.334. The largest absolute Gasteiger partial charge is 0.377 e. The van der Waals surface area contributed by atoms with Crippen molar-refractivity contribution in [1.82, 2.24) is 0 Å². The van der Waals surface area contributed by atoms with Gasteiger partial charge in [0.15, 0.2) is 0 Å². The van der Waals surface area contributed by atoms with E-state index in [1.165, 1.54) is 37.6 Å². The van der Waals surface area contributed by atoms with Gasteiger partial charge in [0.1, 0.15) is 5.82 Å². The molecule has 1 aromatic rings. The molecule has 0 aliphatic heterocycles. The molecule has 0 amide bonds. The molecule has 3 nitrogen and oxygen atoms in total. The van der Waals surface area contributed by atoms with E-state index in [2.05, 4.69) is 12.0 Å². The van der Waals surface area contributed by atoms with Crippen molar-refractivity contribution in [2.24, 2.45) is 10.9 Å². The molecule has 1 aromatic carbocycles. The summed E-state index contributed by atoms with van der Waals surface area (Å²) < 4.78 is 18.7. The molecule has 0 aromatic heterocycles. The average molecular weight is 252 g/mol. The number of nitrogens with two attached hydrogens (primary N) is 1. The minimum atomic E-state index is -0.270. The van der Waals surface area contributed by atoms with E-state index in [0.29, 0.717) is 13.2 Å². The van der Waals surface area contributed by atoms with Crippen LogP contribution in [0.15, 0.2) is 23.3 Å². The van der Waals surface area contributed by atoms with E-state index in [-0.39, 0.29) is 5.82 Å². The highest BCUT2D eigenvalue weighted by Crippen LogP contribution is 2.11. The van der Waals surface area contributed by atoms with Crippen LogP contribution in [-0.2, 0) is 11.3 Å². The molecule has 4 heteroatoms. The third-order valence-corrected chi connectivity index (χ3v) is 2.72. The Morgan fingerprint density at radius 2 is 2.17 bits per heavy atom. The standard InChI is InChI=1S/C14H21FN2O/c1-2-3-4-5-8-18-11-13-9-14(15)7-6-12(13)10-17-16/h6-7,9-10H,2-5,8,11,16H2,1H3. The summed E-state index contributed by atoms with van der Waals surface area (Å²) in [5.74, 6) is 4.84. The number of rotatable bonds is 8. The molecule has 18 heavy (non-hydrogen) atoms. The van der Waals surface area contributed by atoms with Crippen LogP contribution in [-0.4, -0.2) is 12.8 Å². The molecule has 0 unspecified atom stereocenters. The van der Waals surface area contributed by atoms with Gasteiger partial charge in [-0.25, -0.2) is 4.39 Å². The second kappa shape index (κ2) is 8.64. The van der Waals surface area contributed by atoms with Gasteiger partial charge in [-0.3, -0.25) is 0 Å². The van der Waals surface area contributed by atoms with Gasteiger partial charge >= 0.3 is 0 Å². The van der Waals surface area contributed by atoms with Gasteiger partial charge in [-0.05, 0) is 24.1 Å². The van der Waals surface area contributed by atoms with Gasteiger partial charge in [0.2, 0.25) is 0 Å². The van der Waals surface area contributed by atoms with Crippen LogP contribution in [0, 0.1) is 5.82 Å². The number of benzene rings is 1. The fourth-order valence-corrected chi connectivity index (χ4v) is 1.72. The summed E-state index contributed by atoms with van der Waals surface area (Å²) in [7, 11) is 0. The summed E-state index contributed by atoms with van der Waals surface area (Å²) >= 11 is 0. The summed E-state index contributed by atoms with van der Waals surface area (Å²) in [5, 5.41) is 3.46. The Morgan fingerprint density at radius 3 is 2.89 bits per heavy atom. The van der Waals surface area contributed by atoms with Crippen molar-refractivity contribution >= 4 is 6.21 Å². The SMILES string of the molecule is CCCCCCOCc1cc(F)ccc1C=NN. The number of halogens is 1. The van der Waals surface area contributed by atoms with Crippen molar-refractivity contribution in [1.29, 1.82) is 0 Å². The van der Waals surface area contributed by atoms with Gasteiger partial charge in [0, 0.05) is 12.2 Å². The van der Waals surface area contributed by atoms with Gasteiger partial charge in [0.05, 0.1) is 12.8 Å². The van der Waals surface area contributed by atoms with E-state index >= 15 is 0 Å². The van der Waals surface area contributed by atoms with Crippen LogP contribution < -0.4 is 5.84 Å². The third kappa shape index (κ3) is 5.27. The first-order valence-electron chi connectivity index (χ1n) is 6.37. The van der Waals surface area contributed by atoms with E-state index in [4.69, 9.17) is 10.6 Å². The van der Waals surface area contributed by atoms with Crippen molar-refractivity contribution in [2.45, 2.75) is 39.2 Å². The lowest BCUT2D eigenvalue weighted by molar-refractivity contribution is 0.116. The number of ether oxygens (including phenoxy) is 1. The Labute approximate surface area is 108 Å². The summed E-state index contributed by atoms with van der Waals surface area (Å²) in [4.78, 5) is 0. The lowest BCUT2D eigenvalue weighted by Crippen LogP contribution is -2.01. The monoisotopic (exact) mass is 252 g/mol. The third-order valence-electron chi connectivity index (χ3n) is 2.72. The molecular formula is C14H21FN2O. The summed E-state index contributed by atoms with van der Waals surface area (Å²) in [6, 6.07) is 4.51. The average Bonchev–Trinajstić information content (AvgIpc) is 2.37. The number of hydrazone groups is 1. The first kappa shape index (κ1) is 14.6. The van der Waals surface area contributed by atoms with Crippen molar-refractivity contribution < 1.29 is 9.13 Å². The maximum atomic E-state index is 13.1. The first-order valence-corrected chi connectivity index (χ1v) is 6.37. The molecule has 1 rings (SSSR count). The Balaban J connectivity index is 2.42. The molecular weight excluding hydrogens is 231 g/mol. The molecule has 0 bridgehead atoms. The smallest absolute Gasteiger partial charge is 0.123 e. The maximum absolute atomic E-state index is 13.1. The van der Waals surface area contributed by atoms with Crippen LogP contribution in [0.5, 0.6) is 0 Å². The lowest BCUT2D eigenvalue weighted by atomic mass is 10.1. The Hall–Kier alpha value is -1.42.